The maximum absolute atomic E-state index is 12.5. The van der Waals surface area contributed by atoms with Crippen LogP contribution in [-0.2, 0) is 4.79 Å². The lowest BCUT2D eigenvalue weighted by atomic mass is 10.0. The second-order valence-electron chi connectivity index (χ2n) is 6.13. The Bertz CT molecular complexity index is 715. The van der Waals surface area contributed by atoms with E-state index < -0.39 is 6.04 Å². The molecular weight excluding hydrogens is 330 g/mol. The van der Waals surface area contributed by atoms with Crippen molar-refractivity contribution in [2.45, 2.75) is 26.8 Å². The van der Waals surface area contributed by atoms with Crippen LogP contribution < -0.4 is 20.9 Å². The topological polar surface area (TPSA) is 79.5 Å². The van der Waals surface area contributed by atoms with Crippen molar-refractivity contribution in [3.8, 4) is 5.75 Å². The van der Waals surface area contributed by atoms with E-state index in [1.54, 1.807) is 24.3 Å². The summed E-state index contributed by atoms with van der Waals surface area (Å²) < 4.78 is 5.37. The number of rotatable bonds is 8. The van der Waals surface area contributed by atoms with Gasteiger partial charge in [-0.05, 0) is 49.2 Å². The van der Waals surface area contributed by atoms with Crippen LogP contribution in [-0.4, -0.2) is 24.5 Å². The Morgan fingerprint density at radius 3 is 2.23 bits per heavy atom. The highest BCUT2D eigenvalue weighted by Gasteiger charge is 2.24. The highest BCUT2D eigenvalue weighted by Crippen LogP contribution is 2.13. The third-order valence-electron chi connectivity index (χ3n) is 3.77. The quantitative estimate of drug-likeness (QED) is 0.636. The molecule has 0 fully saturated rings. The summed E-state index contributed by atoms with van der Waals surface area (Å²) >= 11 is 0. The minimum atomic E-state index is -0.662. The molecule has 0 aliphatic rings. The van der Waals surface area contributed by atoms with Crippen molar-refractivity contribution >= 4 is 17.5 Å². The van der Waals surface area contributed by atoms with Crippen LogP contribution in [0.3, 0.4) is 0 Å². The van der Waals surface area contributed by atoms with Crippen LogP contribution in [0.25, 0.3) is 0 Å². The molecule has 0 bridgehead atoms. The Hall–Kier alpha value is -3.02. The van der Waals surface area contributed by atoms with E-state index in [2.05, 4.69) is 16.2 Å². The average molecular weight is 355 g/mol. The number of amides is 2. The fourth-order valence-corrected chi connectivity index (χ4v) is 2.36. The first-order valence-corrected chi connectivity index (χ1v) is 8.66. The summed E-state index contributed by atoms with van der Waals surface area (Å²) in [5.74, 6) is 0.0261. The molecule has 6 nitrogen and oxygen atoms in total. The first-order chi connectivity index (χ1) is 12.5. The van der Waals surface area contributed by atoms with Gasteiger partial charge in [-0.2, -0.15) is 0 Å². The summed E-state index contributed by atoms with van der Waals surface area (Å²) in [6.45, 7) is 6.22. The van der Waals surface area contributed by atoms with Crippen LogP contribution in [0.5, 0.6) is 5.75 Å². The summed E-state index contributed by atoms with van der Waals surface area (Å²) in [7, 11) is 0. The van der Waals surface area contributed by atoms with E-state index in [4.69, 9.17) is 4.74 Å². The number of hydrazine groups is 1. The zero-order valence-corrected chi connectivity index (χ0v) is 15.3. The lowest BCUT2D eigenvalue weighted by Gasteiger charge is -2.22. The van der Waals surface area contributed by atoms with E-state index in [1.165, 1.54) is 0 Å². The van der Waals surface area contributed by atoms with Crippen LogP contribution in [0.2, 0.25) is 0 Å². The lowest BCUT2D eigenvalue weighted by molar-refractivity contribution is -0.123. The zero-order valence-electron chi connectivity index (χ0n) is 15.3. The standard InChI is InChI=1S/C20H25N3O3/c1-4-26-17-12-10-15(11-13-17)19(24)21-18(14(2)3)20(25)23-22-16-8-6-5-7-9-16/h5-14,18,22H,4H2,1-3H3,(H,21,24)(H,23,25). The van der Waals surface area contributed by atoms with Gasteiger partial charge in [0.1, 0.15) is 11.8 Å². The smallest absolute Gasteiger partial charge is 0.261 e. The van der Waals surface area contributed by atoms with Crippen LogP contribution in [0, 0.1) is 5.92 Å². The SMILES string of the molecule is CCOc1ccc(C(=O)NC(C(=O)NNc2ccccc2)C(C)C)cc1. The minimum Gasteiger partial charge on any atom is -0.494 e. The number of carbonyl (C=O) groups excluding carboxylic acids is 2. The van der Waals surface area contributed by atoms with Gasteiger partial charge in [-0.1, -0.05) is 32.0 Å². The molecule has 2 aromatic rings. The van der Waals surface area contributed by atoms with Crippen LogP contribution >= 0.6 is 0 Å². The number of para-hydroxylation sites is 1. The monoisotopic (exact) mass is 355 g/mol. The summed E-state index contributed by atoms with van der Waals surface area (Å²) in [6, 6.07) is 15.5. The van der Waals surface area contributed by atoms with E-state index in [0.29, 0.717) is 17.9 Å². The van der Waals surface area contributed by atoms with Crippen molar-refractivity contribution in [3.05, 3.63) is 60.2 Å². The minimum absolute atomic E-state index is 0.0702. The van der Waals surface area contributed by atoms with Crippen LogP contribution in [0.4, 0.5) is 5.69 Å². The zero-order chi connectivity index (χ0) is 18.9. The van der Waals surface area contributed by atoms with E-state index in [9.17, 15) is 9.59 Å². The van der Waals surface area contributed by atoms with Crippen molar-refractivity contribution < 1.29 is 14.3 Å². The molecule has 0 heterocycles. The molecular formula is C20H25N3O3. The molecule has 0 aliphatic carbocycles. The molecule has 0 spiro atoms. The van der Waals surface area contributed by atoms with E-state index in [-0.39, 0.29) is 17.7 Å². The predicted molar refractivity (Wildman–Crippen MR) is 102 cm³/mol. The maximum atomic E-state index is 12.5. The van der Waals surface area contributed by atoms with E-state index in [0.717, 1.165) is 5.69 Å². The highest BCUT2D eigenvalue weighted by atomic mass is 16.5. The first kappa shape index (κ1) is 19.3. The molecule has 138 valence electrons. The van der Waals surface area contributed by atoms with Crippen LogP contribution in [0.1, 0.15) is 31.1 Å². The molecule has 2 rings (SSSR count). The third kappa shape index (κ3) is 5.51. The Morgan fingerprint density at radius 2 is 1.65 bits per heavy atom. The molecule has 0 saturated heterocycles. The van der Waals surface area contributed by atoms with Gasteiger partial charge in [0.25, 0.3) is 11.8 Å². The van der Waals surface area contributed by atoms with E-state index in [1.807, 2.05) is 51.1 Å². The van der Waals surface area contributed by atoms with Gasteiger partial charge < -0.3 is 10.1 Å². The normalized spacial score (nSPS) is 11.5. The second-order valence-corrected chi connectivity index (χ2v) is 6.13. The summed E-state index contributed by atoms with van der Waals surface area (Å²) in [5, 5.41) is 2.79. The summed E-state index contributed by atoms with van der Waals surface area (Å²) in [5.41, 5.74) is 6.73. The van der Waals surface area contributed by atoms with Gasteiger partial charge in [0, 0.05) is 5.56 Å². The Kier molecular flexibility index (Phi) is 7.02. The Morgan fingerprint density at radius 1 is 1.00 bits per heavy atom. The molecule has 0 radical (unpaired) electrons. The van der Waals surface area contributed by atoms with Gasteiger partial charge in [-0.15, -0.1) is 0 Å². The third-order valence-corrected chi connectivity index (χ3v) is 3.77. The highest BCUT2D eigenvalue weighted by molar-refractivity contribution is 5.97. The number of benzene rings is 2. The van der Waals surface area contributed by atoms with Crippen molar-refractivity contribution in [2.75, 3.05) is 12.0 Å². The predicted octanol–water partition coefficient (Wildman–Crippen LogP) is 2.98. The molecule has 6 heteroatoms. The molecule has 0 aliphatic heterocycles. The van der Waals surface area contributed by atoms with Gasteiger partial charge in [0.15, 0.2) is 0 Å². The van der Waals surface area contributed by atoms with Gasteiger partial charge in [0.2, 0.25) is 0 Å². The van der Waals surface area contributed by atoms with Crippen molar-refractivity contribution in [2.24, 2.45) is 5.92 Å². The molecule has 2 amide bonds. The van der Waals surface area contributed by atoms with Gasteiger partial charge in [-0.25, -0.2) is 0 Å². The first-order valence-electron chi connectivity index (χ1n) is 8.66. The largest absolute Gasteiger partial charge is 0.494 e. The molecule has 0 saturated carbocycles. The number of anilines is 1. The molecule has 1 atom stereocenters. The molecule has 0 aromatic heterocycles. The number of carbonyl (C=O) groups is 2. The number of hydrogen-bond acceptors (Lipinski definition) is 4. The van der Waals surface area contributed by atoms with Crippen LogP contribution in [0.15, 0.2) is 54.6 Å². The summed E-state index contributed by atoms with van der Waals surface area (Å²) in [6.07, 6.45) is 0. The maximum Gasteiger partial charge on any atom is 0.261 e. The average Bonchev–Trinajstić information content (AvgIpc) is 2.65. The summed E-state index contributed by atoms with van der Waals surface area (Å²) in [4.78, 5) is 24.9. The fourth-order valence-electron chi connectivity index (χ4n) is 2.36. The lowest BCUT2D eigenvalue weighted by Crippen LogP contribution is -2.51. The fraction of sp³-hybridized carbons (Fsp3) is 0.300. The number of ether oxygens (including phenoxy) is 1. The number of hydrogen-bond donors (Lipinski definition) is 3. The molecule has 2 aromatic carbocycles. The molecule has 1 unspecified atom stereocenters. The van der Waals surface area contributed by atoms with Crippen molar-refractivity contribution in [3.63, 3.8) is 0 Å². The van der Waals surface area contributed by atoms with E-state index >= 15 is 0 Å². The van der Waals surface area contributed by atoms with Gasteiger partial charge in [0.05, 0.1) is 12.3 Å². The van der Waals surface area contributed by atoms with Crippen molar-refractivity contribution in [1.29, 1.82) is 0 Å². The second kappa shape index (κ2) is 9.46. The molecule has 26 heavy (non-hydrogen) atoms. The Balaban J connectivity index is 1.97. The van der Waals surface area contributed by atoms with Gasteiger partial charge >= 0.3 is 0 Å². The van der Waals surface area contributed by atoms with Gasteiger partial charge in [-0.3, -0.25) is 20.4 Å². The Labute approximate surface area is 153 Å². The number of nitrogens with one attached hydrogen (secondary N) is 3. The van der Waals surface area contributed by atoms with Crippen molar-refractivity contribution in [1.82, 2.24) is 10.7 Å². The molecule has 3 N–H and O–H groups in total.